The van der Waals surface area contributed by atoms with Gasteiger partial charge in [0.05, 0.1) is 0 Å². The predicted octanol–water partition coefficient (Wildman–Crippen LogP) is 4.53. The molecule has 2 atom stereocenters. The number of hydrogen-bond donors (Lipinski definition) is 1. The first-order valence-electron chi connectivity index (χ1n) is 8.15. The highest BCUT2D eigenvalue weighted by molar-refractivity contribution is 5.79. The second-order valence-corrected chi connectivity index (χ2v) is 7.44. The number of amides is 1. The minimum atomic E-state index is 0.0488. The molecule has 0 spiro atoms. The maximum Gasteiger partial charge on any atom is 0.223 e. The van der Waals surface area contributed by atoms with E-state index in [-0.39, 0.29) is 17.2 Å². The minimum Gasteiger partial charge on any atom is -0.353 e. The SMILES string of the molecule is CC[C@H](CC1CCCCC1)NC(=O)[C@@H](C)C(C)(C)C. The Labute approximate surface area is 119 Å². The van der Waals surface area contributed by atoms with Crippen LogP contribution in [-0.4, -0.2) is 11.9 Å². The van der Waals surface area contributed by atoms with Crippen molar-refractivity contribution in [2.24, 2.45) is 17.3 Å². The topological polar surface area (TPSA) is 29.1 Å². The largest absolute Gasteiger partial charge is 0.353 e. The Morgan fingerprint density at radius 3 is 2.26 bits per heavy atom. The third kappa shape index (κ3) is 5.54. The summed E-state index contributed by atoms with van der Waals surface area (Å²) in [7, 11) is 0. The molecule has 0 saturated heterocycles. The van der Waals surface area contributed by atoms with Crippen LogP contribution in [0.15, 0.2) is 0 Å². The molecule has 0 aromatic rings. The summed E-state index contributed by atoms with van der Waals surface area (Å²) in [5.74, 6) is 1.15. The zero-order valence-corrected chi connectivity index (χ0v) is 13.6. The average molecular weight is 267 g/mol. The van der Waals surface area contributed by atoms with Crippen molar-refractivity contribution in [3.8, 4) is 0 Å². The molecule has 1 aliphatic carbocycles. The van der Waals surface area contributed by atoms with Crippen LogP contribution in [0.5, 0.6) is 0 Å². The van der Waals surface area contributed by atoms with Gasteiger partial charge >= 0.3 is 0 Å². The van der Waals surface area contributed by atoms with E-state index in [1.807, 2.05) is 6.92 Å². The van der Waals surface area contributed by atoms with Gasteiger partial charge in [-0.25, -0.2) is 0 Å². The van der Waals surface area contributed by atoms with Crippen LogP contribution >= 0.6 is 0 Å². The van der Waals surface area contributed by atoms with Crippen LogP contribution in [0.3, 0.4) is 0 Å². The molecule has 0 heterocycles. The summed E-state index contributed by atoms with van der Waals surface area (Å²) in [6, 6.07) is 0.375. The van der Waals surface area contributed by atoms with E-state index in [1.54, 1.807) is 0 Å². The van der Waals surface area contributed by atoms with E-state index in [0.29, 0.717) is 6.04 Å². The fourth-order valence-corrected chi connectivity index (χ4v) is 2.87. The molecular formula is C17H33NO. The second kappa shape index (κ2) is 7.31. The second-order valence-electron chi connectivity index (χ2n) is 7.44. The van der Waals surface area contributed by atoms with E-state index >= 15 is 0 Å². The van der Waals surface area contributed by atoms with Crippen molar-refractivity contribution in [3.05, 3.63) is 0 Å². The number of rotatable bonds is 5. The predicted molar refractivity (Wildman–Crippen MR) is 82.0 cm³/mol. The first-order valence-corrected chi connectivity index (χ1v) is 8.15. The Balaban J connectivity index is 2.44. The van der Waals surface area contributed by atoms with Gasteiger partial charge < -0.3 is 5.32 Å². The molecule has 1 saturated carbocycles. The number of nitrogens with one attached hydrogen (secondary N) is 1. The summed E-state index contributed by atoms with van der Waals surface area (Å²) >= 11 is 0. The van der Waals surface area contributed by atoms with Crippen molar-refractivity contribution < 1.29 is 4.79 Å². The molecule has 2 nitrogen and oxygen atoms in total. The van der Waals surface area contributed by atoms with E-state index in [0.717, 1.165) is 12.3 Å². The lowest BCUT2D eigenvalue weighted by molar-refractivity contribution is -0.128. The van der Waals surface area contributed by atoms with Crippen LogP contribution in [-0.2, 0) is 4.79 Å². The van der Waals surface area contributed by atoms with Crippen molar-refractivity contribution in [1.82, 2.24) is 5.32 Å². The standard InChI is InChI=1S/C17H33NO/c1-6-15(12-14-10-8-7-9-11-14)18-16(19)13(2)17(3,4)5/h13-15H,6-12H2,1-5H3,(H,18,19)/t13-,15-/m1/s1. The Morgan fingerprint density at radius 1 is 1.21 bits per heavy atom. The lowest BCUT2D eigenvalue weighted by Gasteiger charge is -2.30. The first-order chi connectivity index (χ1) is 8.84. The van der Waals surface area contributed by atoms with Crippen LogP contribution in [0.4, 0.5) is 0 Å². The van der Waals surface area contributed by atoms with Gasteiger partial charge in [-0.2, -0.15) is 0 Å². The van der Waals surface area contributed by atoms with E-state index in [4.69, 9.17) is 0 Å². The zero-order chi connectivity index (χ0) is 14.5. The minimum absolute atomic E-state index is 0.0488. The van der Waals surface area contributed by atoms with E-state index < -0.39 is 0 Å². The van der Waals surface area contributed by atoms with E-state index in [2.05, 4.69) is 33.0 Å². The smallest absolute Gasteiger partial charge is 0.223 e. The van der Waals surface area contributed by atoms with E-state index in [9.17, 15) is 4.79 Å². The maximum absolute atomic E-state index is 12.3. The van der Waals surface area contributed by atoms with Crippen LogP contribution in [0, 0.1) is 17.3 Å². The highest BCUT2D eigenvalue weighted by Crippen LogP contribution is 2.29. The molecule has 1 fully saturated rings. The van der Waals surface area contributed by atoms with Gasteiger partial charge in [-0.1, -0.05) is 66.7 Å². The summed E-state index contributed by atoms with van der Waals surface area (Å²) in [5, 5.41) is 3.28. The van der Waals surface area contributed by atoms with Gasteiger partial charge in [0.25, 0.3) is 0 Å². The van der Waals surface area contributed by atoms with Crippen molar-refractivity contribution in [2.75, 3.05) is 0 Å². The Hall–Kier alpha value is -0.530. The monoisotopic (exact) mass is 267 g/mol. The zero-order valence-electron chi connectivity index (χ0n) is 13.6. The van der Waals surface area contributed by atoms with Gasteiger partial charge in [-0.05, 0) is 24.2 Å². The van der Waals surface area contributed by atoms with E-state index in [1.165, 1.54) is 38.5 Å². The van der Waals surface area contributed by atoms with Gasteiger partial charge in [0, 0.05) is 12.0 Å². The van der Waals surface area contributed by atoms with Crippen LogP contribution in [0.25, 0.3) is 0 Å². The molecular weight excluding hydrogens is 234 g/mol. The van der Waals surface area contributed by atoms with Gasteiger partial charge in [-0.15, -0.1) is 0 Å². The van der Waals surface area contributed by atoms with Crippen molar-refractivity contribution in [3.63, 3.8) is 0 Å². The van der Waals surface area contributed by atoms with Gasteiger partial charge in [0.1, 0.15) is 0 Å². The molecule has 0 unspecified atom stereocenters. The summed E-state index contributed by atoms with van der Waals surface area (Å²) in [6.45, 7) is 10.6. The fraction of sp³-hybridized carbons (Fsp3) is 0.941. The van der Waals surface area contributed by atoms with Crippen LogP contribution < -0.4 is 5.32 Å². The van der Waals surface area contributed by atoms with Crippen molar-refractivity contribution in [2.45, 2.75) is 85.6 Å². The summed E-state index contributed by atoms with van der Waals surface area (Å²) in [4.78, 5) is 12.3. The molecule has 1 rings (SSSR count). The Kier molecular flexibility index (Phi) is 6.35. The summed E-state index contributed by atoms with van der Waals surface area (Å²) < 4.78 is 0. The fourth-order valence-electron chi connectivity index (χ4n) is 2.87. The molecule has 1 N–H and O–H groups in total. The summed E-state index contributed by atoms with van der Waals surface area (Å²) in [6.07, 6.45) is 9.13. The van der Waals surface area contributed by atoms with Crippen LogP contribution in [0.1, 0.15) is 79.6 Å². The number of carbonyl (C=O) groups is 1. The van der Waals surface area contributed by atoms with Crippen molar-refractivity contribution >= 4 is 5.91 Å². The highest BCUT2D eigenvalue weighted by Gasteiger charge is 2.28. The lowest BCUT2D eigenvalue weighted by Crippen LogP contribution is -2.42. The molecule has 0 aromatic carbocycles. The normalized spacial score (nSPS) is 20.9. The molecule has 0 aliphatic heterocycles. The molecule has 1 amide bonds. The van der Waals surface area contributed by atoms with Gasteiger partial charge in [0.15, 0.2) is 0 Å². The third-order valence-electron chi connectivity index (χ3n) is 4.87. The summed E-state index contributed by atoms with van der Waals surface area (Å²) in [5.41, 5.74) is 0.0488. The average Bonchev–Trinajstić information content (AvgIpc) is 2.37. The molecule has 0 radical (unpaired) electrons. The lowest BCUT2D eigenvalue weighted by atomic mass is 9.81. The molecule has 0 aromatic heterocycles. The van der Waals surface area contributed by atoms with Gasteiger partial charge in [-0.3, -0.25) is 4.79 Å². The third-order valence-corrected chi connectivity index (χ3v) is 4.87. The highest BCUT2D eigenvalue weighted by atomic mass is 16.1. The number of hydrogen-bond acceptors (Lipinski definition) is 1. The molecule has 19 heavy (non-hydrogen) atoms. The molecule has 2 heteroatoms. The molecule has 1 aliphatic rings. The Morgan fingerprint density at radius 2 is 1.79 bits per heavy atom. The molecule has 112 valence electrons. The molecule has 0 bridgehead atoms. The van der Waals surface area contributed by atoms with Gasteiger partial charge in [0.2, 0.25) is 5.91 Å². The quantitative estimate of drug-likeness (QED) is 0.779. The Bertz CT molecular complexity index is 273. The number of carbonyl (C=O) groups excluding carboxylic acids is 1. The first kappa shape index (κ1) is 16.5. The van der Waals surface area contributed by atoms with Crippen molar-refractivity contribution in [1.29, 1.82) is 0 Å². The maximum atomic E-state index is 12.3. The van der Waals surface area contributed by atoms with Crippen LogP contribution in [0.2, 0.25) is 0 Å².